The first kappa shape index (κ1) is 14.6. The lowest BCUT2D eigenvalue weighted by atomic mass is 10.2. The fraction of sp³-hybridized carbons (Fsp3) is 0.267. The van der Waals surface area contributed by atoms with Crippen LogP contribution in [-0.2, 0) is 6.42 Å². The second-order valence-electron chi connectivity index (χ2n) is 4.26. The standard InChI is InChI=1S/C15H17NO3S/c17-15(18)12-3-5-13(6-4-12)19-10-9-16-8-7-14-2-1-11-20-14/h1-6,11,16H,7-10H2,(H,17,18). The van der Waals surface area contributed by atoms with Crippen molar-refractivity contribution >= 4 is 17.3 Å². The Morgan fingerprint density at radius 3 is 2.65 bits per heavy atom. The van der Waals surface area contributed by atoms with Crippen LogP contribution in [0.5, 0.6) is 5.75 Å². The Balaban J connectivity index is 1.59. The minimum absolute atomic E-state index is 0.270. The Kier molecular flexibility index (Phi) is 5.58. The van der Waals surface area contributed by atoms with Gasteiger partial charge in [0.1, 0.15) is 12.4 Å². The number of carboxylic acid groups (broad SMARTS) is 1. The molecule has 4 nitrogen and oxygen atoms in total. The Morgan fingerprint density at radius 1 is 1.20 bits per heavy atom. The number of ether oxygens (including phenoxy) is 1. The van der Waals surface area contributed by atoms with Crippen LogP contribution in [0.2, 0.25) is 0 Å². The summed E-state index contributed by atoms with van der Waals surface area (Å²) in [6.45, 7) is 2.27. The minimum atomic E-state index is -0.924. The van der Waals surface area contributed by atoms with Crippen LogP contribution in [0.4, 0.5) is 0 Å². The van der Waals surface area contributed by atoms with E-state index in [9.17, 15) is 4.79 Å². The molecule has 0 fully saturated rings. The molecule has 0 saturated carbocycles. The van der Waals surface area contributed by atoms with Crippen LogP contribution in [0.25, 0.3) is 0 Å². The van der Waals surface area contributed by atoms with Crippen molar-refractivity contribution in [2.45, 2.75) is 6.42 Å². The maximum atomic E-state index is 10.7. The highest BCUT2D eigenvalue weighted by Crippen LogP contribution is 2.12. The van der Waals surface area contributed by atoms with Crippen molar-refractivity contribution < 1.29 is 14.6 Å². The number of carboxylic acids is 1. The third kappa shape index (κ3) is 4.68. The Hall–Kier alpha value is -1.85. The molecule has 0 aliphatic heterocycles. The number of hydrogen-bond donors (Lipinski definition) is 2. The molecule has 0 aliphatic carbocycles. The third-order valence-electron chi connectivity index (χ3n) is 2.78. The van der Waals surface area contributed by atoms with Crippen LogP contribution in [0, 0.1) is 0 Å². The maximum absolute atomic E-state index is 10.7. The second-order valence-corrected chi connectivity index (χ2v) is 5.29. The number of hydrogen-bond acceptors (Lipinski definition) is 4. The molecule has 0 unspecified atom stereocenters. The predicted molar refractivity (Wildman–Crippen MR) is 79.8 cm³/mol. The van der Waals surface area contributed by atoms with Gasteiger partial charge in [-0.25, -0.2) is 4.79 Å². The first-order valence-electron chi connectivity index (χ1n) is 6.45. The molecule has 0 radical (unpaired) electrons. The van der Waals surface area contributed by atoms with E-state index in [0.29, 0.717) is 12.4 Å². The lowest BCUT2D eigenvalue weighted by molar-refractivity contribution is 0.0697. The number of benzene rings is 1. The smallest absolute Gasteiger partial charge is 0.335 e. The summed E-state index contributed by atoms with van der Waals surface area (Å²) in [5, 5.41) is 14.2. The molecular formula is C15H17NO3S. The lowest BCUT2D eigenvalue weighted by Crippen LogP contribution is -2.23. The van der Waals surface area contributed by atoms with E-state index in [-0.39, 0.29) is 5.56 Å². The van der Waals surface area contributed by atoms with E-state index >= 15 is 0 Å². The first-order valence-corrected chi connectivity index (χ1v) is 7.33. The molecule has 1 heterocycles. The summed E-state index contributed by atoms with van der Waals surface area (Å²) in [5.41, 5.74) is 0.270. The van der Waals surface area contributed by atoms with Gasteiger partial charge in [0, 0.05) is 18.0 Å². The van der Waals surface area contributed by atoms with Crippen molar-refractivity contribution in [1.29, 1.82) is 0 Å². The van der Waals surface area contributed by atoms with E-state index in [0.717, 1.165) is 19.5 Å². The first-order chi connectivity index (χ1) is 9.75. The average molecular weight is 291 g/mol. The highest BCUT2D eigenvalue weighted by molar-refractivity contribution is 7.09. The quantitative estimate of drug-likeness (QED) is 0.734. The predicted octanol–water partition coefficient (Wildman–Crippen LogP) is 2.66. The summed E-state index contributed by atoms with van der Waals surface area (Å²) in [6.07, 6.45) is 1.03. The number of carbonyl (C=O) groups is 1. The largest absolute Gasteiger partial charge is 0.492 e. The van der Waals surface area contributed by atoms with Gasteiger partial charge in [0.05, 0.1) is 5.56 Å². The fourth-order valence-electron chi connectivity index (χ4n) is 1.73. The van der Waals surface area contributed by atoms with Crippen molar-refractivity contribution in [1.82, 2.24) is 5.32 Å². The van der Waals surface area contributed by atoms with Crippen molar-refractivity contribution in [3.63, 3.8) is 0 Å². The highest BCUT2D eigenvalue weighted by Gasteiger charge is 2.01. The van der Waals surface area contributed by atoms with E-state index in [4.69, 9.17) is 9.84 Å². The van der Waals surface area contributed by atoms with Gasteiger partial charge in [-0.1, -0.05) is 6.07 Å². The van der Waals surface area contributed by atoms with Crippen molar-refractivity contribution in [3.05, 3.63) is 52.2 Å². The minimum Gasteiger partial charge on any atom is -0.492 e. The third-order valence-corrected chi connectivity index (χ3v) is 3.71. The summed E-state index contributed by atoms with van der Waals surface area (Å²) in [7, 11) is 0. The number of aromatic carboxylic acids is 1. The van der Waals surface area contributed by atoms with E-state index in [1.807, 2.05) is 0 Å². The van der Waals surface area contributed by atoms with Gasteiger partial charge < -0.3 is 15.2 Å². The van der Waals surface area contributed by atoms with E-state index in [1.165, 1.54) is 4.88 Å². The highest BCUT2D eigenvalue weighted by atomic mass is 32.1. The molecule has 0 saturated heterocycles. The summed E-state index contributed by atoms with van der Waals surface area (Å²) >= 11 is 1.77. The van der Waals surface area contributed by atoms with Crippen LogP contribution in [0.15, 0.2) is 41.8 Å². The Labute approximate surface area is 122 Å². The van der Waals surface area contributed by atoms with Gasteiger partial charge in [0.2, 0.25) is 0 Å². The van der Waals surface area contributed by atoms with Crippen LogP contribution in [0.3, 0.4) is 0 Å². The van der Waals surface area contributed by atoms with Crippen LogP contribution < -0.4 is 10.1 Å². The molecule has 5 heteroatoms. The summed E-state index contributed by atoms with van der Waals surface area (Å²) in [4.78, 5) is 12.1. The average Bonchev–Trinajstić information content (AvgIpc) is 2.96. The molecule has 20 heavy (non-hydrogen) atoms. The molecule has 2 aromatic rings. The zero-order chi connectivity index (χ0) is 14.2. The van der Waals surface area contributed by atoms with Gasteiger partial charge in [0.25, 0.3) is 0 Å². The lowest BCUT2D eigenvalue weighted by Gasteiger charge is -2.07. The molecule has 0 bridgehead atoms. The summed E-state index contributed by atoms with van der Waals surface area (Å²) in [6, 6.07) is 10.6. The van der Waals surface area contributed by atoms with Gasteiger partial charge >= 0.3 is 5.97 Å². The zero-order valence-electron chi connectivity index (χ0n) is 11.0. The monoisotopic (exact) mass is 291 g/mol. The summed E-state index contributed by atoms with van der Waals surface area (Å²) < 4.78 is 5.53. The van der Waals surface area contributed by atoms with Crippen LogP contribution in [0.1, 0.15) is 15.2 Å². The Morgan fingerprint density at radius 2 is 2.00 bits per heavy atom. The molecule has 1 aromatic heterocycles. The fourth-order valence-corrected chi connectivity index (χ4v) is 2.44. The van der Waals surface area contributed by atoms with Crippen LogP contribution >= 0.6 is 11.3 Å². The maximum Gasteiger partial charge on any atom is 0.335 e. The summed E-state index contributed by atoms with van der Waals surface area (Å²) in [5.74, 6) is -0.234. The van der Waals surface area contributed by atoms with Crippen LogP contribution in [-0.4, -0.2) is 30.8 Å². The number of nitrogens with one attached hydrogen (secondary N) is 1. The van der Waals surface area contributed by atoms with E-state index in [2.05, 4.69) is 22.8 Å². The topological polar surface area (TPSA) is 58.6 Å². The molecule has 1 aromatic carbocycles. The van der Waals surface area contributed by atoms with Gasteiger partial charge in [-0.2, -0.15) is 0 Å². The number of thiophene rings is 1. The molecule has 0 spiro atoms. The molecule has 2 rings (SSSR count). The van der Waals surface area contributed by atoms with Crippen molar-refractivity contribution in [2.75, 3.05) is 19.7 Å². The molecule has 0 amide bonds. The number of rotatable bonds is 8. The van der Waals surface area contributed by atoms with Crippen molar-refractivity contribution in [2.24, 2.45) is 0 Å². The van der Waals surface area contributed by atoms with E-state index < -0.39 is 5.97 Å². The second kappa shape index (κ2) is 7.67. The molecule has 0 atom stereocenters. The molecule has 106 valence electrons. The normalized spacial score (nSPS) is 10.4. The van der Waals surface area contributed by atoms with Crippen molar-refractivity contribution in [3.8, 4) is 5.75 Å². The SMILES string of the molecule is O=C(O)c1ccc(OCCNCCc2cccs2)cc1. The molecule has 0 aliphatic rings. The van der Waals surface area contributed by atoms with Gasteiger partial charge in [-0.15, -0.1) is 11.3 Å². The zero-order valence-corrected chi connectivity index (χ0v) is 11.9. The molecular weight excluding hydrogens is 274 g/mol. The van der Waals surface area contributed by atoms with Gasteiger partial charge in [0.15, 0.2) is 0 Å². The van der Waals surface area contributed by atoms with Gasteiger partial charge in [-0.3, -0.25) is 0 Å². The molecule has 2 N–H and O–H groups in total. The van der Waals surface area contributed by atoms with Gasteiger partial charge in [-0.05, 0) is 42.1 Å². The Bertz CT molecular complexity index is 523. The van der Waals surface area contributed by atoms with E-state index in [1.54, 1.807) is 35.6 Å².